The molecular weight excluding hydrogens is 460 g/mol. The molecule has 11 heteroatoms. The van der Waals surface area contributed by atoms with Crippen LogP contribution in [0.4, 0.5) is 20.4 Å². The van der Waals surface area contributed by atoms with E-state index in [0.717, 1.165) is 31.6 Å². The molecule has 0 unspecified atom stereocenters. The third-order valence-electron chi connectivity index (χ3n) is 4.81. The van der Waals surface area contributed by atoms with E-state index in [1.165, 1.54) is 23.9 Å². The number of carbonyl (C=O) groups excluding carboxylic acids is 1. The van der Waals surface area contributed by atoms with Crippen LogP contribution in [0, 0.1) is 0 Å². The Kier molecular flexibility index (Phi) is 7.11. The molecular formula is C21H20ClF2N5O2S. The SMILES string of the molecule is O=C(CSc1nnc(N2CCCC2)n1-c1ccccc1Cl)Nc1ccccc1OC(F)F. The van der Waals surface area contributed by atoms with E-state index in [0.29, 0.717) is 16.1 Å². The van der Waals surface area contributed by atoms with Gasteiger partial charge in [-0.05, 0) is 37.1 Å². The van der Waals surface area contributed by atoms with Crippen LogP contribution in [0.1, 0.15) is 12.8 Å². The van der Waals surface area contributed by atoms with Crippen LogP contribution < -0.4 is 15.0 Å². The lowest BCUT2D eigenvalue weighted by Gasteiger charge is -2.19. The Labute approximate surface area is 192 Å². The van der Waals surface area contributed by atoms with E-state index in [4.69, 9.17) is 11.6 Å². The van der Waals surface area contributed by atoms with E-state index < -0.39 is 12.5 Å². The number of hydrogen-bond acceptors (Lipinski definition) is 6. The van der Waals surface area contributed by atoms with Crippen molar-refractivity contribution in [3.8, 4) is 11.4 Å². The van der Waals surface area contributed by atoms with Crippen LogP contribution in [-0.4, -0.2) is 46.1 Å². The van der Waals surface area contributed by atoms with Crippen molar-refractivity contribution in [3.63, 3.8) is 0 Å². The predicted octanol–water partition coefficient (Wildman–Crippen LogP) is 4.85. The normalized spacial score (nSPS) is 13.6. The maximum atomic E-state index is 12.6. The number of carbonyl (C=O) groups is 1. The van der Waals surface area contributed by atoms with Crippen molar-refractivity contribution in [2.45, 2.75) is 24.6 Å². The quantitative estimate of drug-likeness (QED) is 0.465. The molecule has 2 heterocycles. The summed E-state index contributed by atoms with van der Waals surface area (Å²) in [6.45, 7) is -1.25. The first-order chi connectivity index (χ1) is 15.5. The van der Waals surface area contributed by atoms with Crippen LogP contribution in [0.5, 0.6) is 5.75 Å². The first-order valence-electron chi connectivity index (χ1n) is 9.94. The maximum Gasteiger partial charge on any atom is 0.387 e. The monoisotopic (exact) mass is 479 g/mol. The standard InChI is InChI=1S/C21H20ClF2N5O2S/c22-14-7-1-3-9-16(14)29-20(28-11-5-6-12-28)26-27-21(29)32-13-18(30)25-15-8-2-4-10-17(15)31-19(23)24/h1-4,7-10,19H,5-6,11-13H2,(H,25,30). The number of ether oxygens (including phenoxy) is 1. The average molecular weight is 480 g/mol. The second-order valence-electron chi connectivity index (χ2n) is 6.98. The molecule has 0 aliphatic carbocycles. The van der Waals surface area contributed by atoms with Crippen molar-refractivity contribution in [2.75, 3.05) is 29.1 Å². The minimum absolute atomic E-state index is 0.00833. The van der Waals surface area contributed by atoms with Gasteiger partial charge in [-0.25, -0.2) is 0 Å². The van der Waals surface area contributed by atoms with E-state index >= 15 is 0 Å². The van der Waals surface area contributed by atoms with E-state index in [2.05, 4.69) is 25.2 Å². The average Bonchev–Trinajstić information content (AvgIpc) is 3.43. The Balaban J connectivity index is 1.53. The minimum Gasteiger partial charge on any atom is -0.433 e. The van der Waals surface area contributed by atoms with Crippen molar-refractivity contribution in [1.82, 2.24) is 14.8 Å². The largest absolute Gasteiger partial charge is 0.433 e. The number of para-hydroxylation sites is 3. The third-order valence-corrected chi connectivity index (χ3v) is 6.06. The van der Waals surface area contributed by atoms with Crippen molar-refractivity contribution < 1.29 is 18.3 Å². The number of aromatic nitrogens is 3. The molecule has 1 fully saturated rings. The van der Waals surface area contributed by atoms with Crippen molar-refractivity contribution in [2.24, 2.45) is 0 Å². The van der Waals surface area contributed by atoms with Crippen LogP contribution in [0.15, 0.2) is 53.7 Å². The number of nitrogens with zero attached hydrogens (tertiary/aromatic N) is 4. The fraction of sp³-hybridized carbons (Fsp3) is 0.286. The molecule has 0 saturated carbocycles. The molecule has 32 heavy (non-hydrogen) atoms. The summed E-state index contributed by atoms with van der Waals surface area (Å²) in [4.78, 5) is 14.7. The number of rotatable bonds is 8. The summed E-state index contributed by atoms with van der Waals surface area (Å²) < 4.78 is 31.5. The summed E-state index contributed by atoms with van der Waals surface area (Å²) in [6, 6.07) is 13.4. The number of anilines is 2. The minimum atomic E-state index is -2.99. The lowest BCUT2D eigenvalue weighted by molar-refractivity contribution is -0.113. The van der Waals surface area contributed by atoms with Gasteiger partial charge in [-0.3, -0.25) is 9.36 Å². The summed E-state index contributed by atoms with van der Waals surface area (Å²) in [5.41, 5.74) is 0.892. The Morgan fingerprint density at radius 2 is 1.84 bits per heavy atom. The fourth-order valence-electron chi connectivity index (χ4n) is 3.41. The van der Waals surface area contributed by atoms with E-state index in [9.17, 15) is 13.6 Å². The Hall–Kier alpha value is -2.85. The number of benzene rings is 2. The Morgan fingerprint density at radius 1 is 1.12 bits per heavy atom. The van der Waals surface area contributed by atoms with Gasteiger partial charge in [0.25, 0.3) is 0 Å². The molecule has 2 aromatic carbocycles. The van der Waals surface area contributed by atoms with Gasteiger partial charge in [0, 0.05) is 13.1 Å². The fourth-order valence-corrected chi connectivity index (χ4v) is 4.37. The van der Waals surface area contributed by atoms with Crippen LogP contribution in [0.2, 0.25) is 5.02 Å². The van der Waals surface area contributed by atoms with E-state index in [1.807, 2.05) is 22.8 Å². The first-order valence-corrected chi connectivity index (χ1v) is 11.3. The van der Waals surface area contributed by atoms with Gasteiger partial charge in [-0.2, -0.15) is 8.78 Å². The number of alkyl halides is 2. The Morgan fingerprint density at radius 3 is 2.59 bits per heavy atom. The molecule has 0 atom stereocenters. The highest BCUT2D eigenvalue weighted by Crippen LogP contribution is 2.32. The molecule has 3 aromatic rings. The van der Waals surface area contributed by atoms with Gasteiger partial charge < -0.3 is 15.0 Å². The summed E-state index contributed by atoms with van der Waals surface area (Å²) >= 11 is 7.62. The smallest absolute Gasteiger partial charge is 0.387 e. The number of thioether (sulfide) groups is 1. The van der Waals surface area contributed by atoms with Gasteiger partial charge in [-0.15, -0.1) is 10.2 Å². The highest BCUT2D eigenvalue weighted by Gasteiger charge is 2.24. The molecule has 1 amide bonds. The number of nitrogens with one attached hydrogen (secondary N) is 1. The molecule has 0 radical (unpaired) electrons. The summed E-state index contributed by atoms with van der Waals surface area (Å²) in [5.74, 6) is 0.174. The summed E-state index contributed by atoms with van der Waals surface area (Å²) in [5, 5.41) is 12.3. The molecule has 1 aliphatic heterocycles. The second-order valence-corrected chi connectivity index (χ2v) is 8.32. The topological polar surface area (TPSA) is 72.3 Å². The van der Waals surface area contributed by atoms with Crippen LogP contribution >= 0.6 is 23.4 Å². The number of hydrogen-bond donors (Lipinski definition) is 1. The van der Waals surface area contributed by atoms with Crippen LogP contribution in [0.3, 0.4) is 0 Å². The van der Waals surface area contributed by atoms with Crippen LogP contribution in [-0.2, 0) is 4.79 Å². The molecule has 1 saturated heterocycles. The summed E-state index contributed by atoms with van der Waals surface area (Å²) in [6.07, 6.45) is 2.14. The van der Waals surface area contributed by atoms with Crippen molar-refractivity contribution in [1.29, 1.82) is 0 Å². The zero-order chi connectivity index (χ0) is 22.5. The second kappa shape index (κ2) is 10.2. The van der Waals surface area contributed by atoms with Gasteiger partial charge in [0.2, 0.25) is 11.9 Å². The maximum absolute atomic E-state index is 12.6. The lowest BCUT2D eigenvalue weighted by Crippen LogP contribution is -2.22. The lowest BCUT2D eigenvalue weighted by atomic mass is 10.3. The van der Waals surface area contributed by atoms with Gasteiger partial charge >= 0.3 is 6.61 Å². The van der Waals surface area contributed by atoms with Gasteiger partial charge in [0.05, 0.1) is 22.2 Å². The molecule has 168 valence electrons. The number of halogens is 3. The van der Waals surface area contributed by atoms with E-state index in [-0.39, 0.29) is 17.2 Å². The molecule has 1 N–H and O–H groups in total. The summed E-state index contributed by atoms with van der Waals surface area (Å²) in [7, 11) is 0. The molecule has 4 rings (SSSR count). The van der Waals surface area contributed by atoms with Crippen LogP contribution in [0.25, 0.3) is 5.69 Å². The molecule has 7 nitrogen and oxygen atoms in total. The van der Waals surface area contributed by atoms with E-state index in [1.54, 1.807) is 18.2 Å². The van der Waals surface area contributed by atoms with Gasteiger partial charge in [0.1, 0.15) is 5.75 Å². The first kappa shape index (κ1) is 22.3. The predicted molar refractivity (Wildman–Crippen MR) is 120 cm³/mol. The molecule has 0 bridgehead atoms. The van der Waals surface area contributed by atoms with Crippen molar-refractivity contribution in [3.05, 3.63) is 53.6 Å². The number of amides is 1. The van der Waals surface area contributed by atoms with Gasteiger partial charge in [0.15, 0.2) is 5.16 Å². The molecule has 1 aliphatic rings. The van der Waals surface area contributed by atoms with Crippen molar-refractivity contribution >= 4 is 40.9 Å². The van der Waals surface area contributed by atoms with Gasteiger partial charge in [-0.1, -0.05) is 47.6 Å². The highest BCUT2D eigenvalue weighted by molar-refractivity contribution is 7.99. The highest BCUT2D eigenvalue weighted by atomic mass is 35.5. The molecule has 0 spiro atoms. The molecule has 1 aromatic heterocycles. The zero-order valence-corrected chi connectivity index (χ0v) is 18.5. The third kappa shape index (κ3) is 5.13. The Bertz CT molecular complexity index is 1090. The zero-order valence-electron chi connectivity index (χ0n) is 16.9.